The van der Waals surface area contributed by atoms with E-state index in [1.54, 1.807) is 18.3 Å². The van der Waals surface area contributed by atoms with Crippen LogP contribution in [0.1, 0.15) is 18.3 Å². The molecule has 0 fully saturated rings. The molecule has 5 heteroatoms. The number of aryl methyl sites for hydroxylation is 1. The van der Waals surface area contributed by atoms with E-state index in [0.29, 0.717) is 12.0 Å². The van der Waals surface area contributed by atoms with Gasteiger partial charge in [0.05, 0.1) is 0 Å². The molecular weight excluding hydrogens is 215 g/mol. The topological polar surface area (TPSA) is 58.3 Å². The number of aromatic nitrogens is 2. The first-order valence-electron chi connectivity index (χ1n) is 5.66. The van der Waals surface area contributed by atoms with Gasteiger partial charge in [-0.05, 0) is 11.0 Å². The van der Waals surface area contributed by atoms with Crippen LogP contribution in [-0.2, 0) is 13.0 Å². The van der Waals surface area contributed by atoms with Gasteiger partial charge in [0, 0.05) is 25.4 Å². The molecule has 0 atom stereocenters. The van der Waals surface area contributed by atoms with E-state index in [9.17, 15) is 10.0 Å². The fourth-order valence-corrected chi connectivity index (χ4v) is 1.91. The highest BCUT2D eigenvalue weighted by Crippen LogP contribution is 2.05. The Bertz CT molecular complexity index is 497. The van der Waals surface area contributed by atoms with E-state index in [2.05, 4.69) is 4.98 Å². The summed E-state index contributed by atoms with van der Waals surface area (Å²) in [5, 5.41) is 18.6. The van der Waals surface area contributed by atoms with Crippen molar-refractivity contribution < 1.29 is 10.0 Å². The molecule has 0 saturated carbocycles. The third-order valence-electron chi connectivity index (χ3n) is 2.79. The van der Waals surface area contributed by atoms with Gasteiger partial charge in [0.25, 0.3) is 0 Å². The molecule has 1 heterocycles. The molecule has 88 valence electrons. The standard InChI is InChI=1S/C12H15BN2O2/c1-2-12-14-7-8-15(12)9-10-5-3-4-6-11(10)13(16)17/h3-8,16-17H,2,9H2,1H3. The highest BCUT2D eigenvalue weighted by Gasteiger charge is 2.15. The number of nitrogens with zero attached hydrogens (tertiary/aromatic N) is 2. The molecule has 17 heavy (non-hydrogen) atoms. The smallest absolute Gasteiger partial charge is 0.423 e. The Morgan fingerprint density at radius 2 is 2.06 bits per heavy atom. The minimum Gasteiger partial charge on any atom is -0.423 e. The molecule has 1 aromatic heterocycles. The zero-order valence-electron chi connectivity index (χ0n) is 9.74. The van der Waals surface area contributed by atoms with Crippen LogP contribution in [0.2, 0.25) is 0 Å². The number of imidazole rings is 1. The Morgan fingerprint density at radius 1 is 1.29 bits per heavy atom. The quantitative estimate of drug-likeness (QED) is 0.736. The summed E-state index contributed by atoms with van der Waals surface area (Å²) in [5.41, 5.74) is 1.44. The van der Waals surface area contributed by atoms with Crippen molar-refractivity contribution in [2.45, 2.75) is 19.9 Å². The van der Waals surface area contributed by atoms with Crippen molar-refractivity contribution in [3.63, 3.8) is 0 Å². The van der Waals surface area contributed by atoms with Gasteiger partial charge in [-0.3, -0.25) is 0 Å². The Morgan fingerprint density at radius 3 is 2.76 bits per heavy atom. The second-order valence-corrected chi connectivity index (χ2v) is 3.90. The lowest BCUT2D eigenvalue weighted by Gasteiger charge is -2.11. The second-order valence-electron chi connectivity index (χ2n) is 3.90. The summed E-state index contributed by atoms with van der Waals surface area (Å²) in [4.78, 5) is 4.24. The van der Waals surface area contributed by atoms with Crippen LogP contribution in [-0.4, -0.2) is 26.7 Å². The lowest BCUT2D eigenvalue weighted by Crippen LogP contribution is -2.33. The van der Waals surface area contributed by atoms with Gasteiger partial charge >= 0.3 is 7.12 Å². The van der Waals surface area contributed by atoms with Gasteiger partial charge in [-0.1, -0.05) is 31.2 Å². The molecule has 1 aromatic carbocycles. The molecule has 0 aliphatic heterocycles. The number of benzene rings is 1. The summed E-state index contributed by atoms with van der Waals surface area (Å²) in [6.07, 6.45) is 4.52. The van der Waals surface area contributed by atoms with Crippen molar-refractivity contribution in [1.82, 2.24) is 9.55 Å². The molecule has 0 spiro atoms. The SMILES string of the molecule is CCc1nccn1Cc1ccccc1B(O)O. The second kappa shape index (κ2) is 5.16. The van der Waals surface area contributed by atoms with E-state index in [0.717, 1.165) is 17.8 Å². The first-order valence-corrected chi connectivity index (χ1v) is 5.66. The van der Waals surface area contributed by atoms with Crippen molar-refractivity contribution in [3.8, 4) is 0 Å². The first kappa shape index (κ1) is 11.9. The number of rotatable bonds is 4. The number of hydrogen-bond donors (Lipinski definition) is 2. The predicted octanol–water partition coefficient (Wildman–Crippen LogP) is 0.174. The summed E-state index contributed by atoms with van der Waals surface area (Å²) >= 11 is 0. The molecule has 2 rings (SSSR count). The Kier molecular flexibility index (Phi) is 3.61. The van der Waals surface area contributed by atoms with Gasteiger partial charge < -0.3 is 14.6 Å². The molecule has 2 aromatic rings. The van der Waals surface area contributed by atoms with Crippen LogP contribution in [0.15, 0.2) is 36.7 Å². The largest absolute Gasteiger partial charge is 0.488 e. The molecule has 0 bridgehead atoms. The third kappa shape index (κ3) is 2.57. The van der Waals surface area contributed by atoms with Gasteiger partial charge in [-0.25, -0.2) is 4.98 Å². The van der Waals surface area contributed by atoms with Crippen LogP contribution < -0.4 is 5.46 Å². The van der Waals surface area contributed by atoms with Crippen LogP contribution >= 0.6 is 0 Å². The van der Waals surface area contributed by atoms with Crippen LogP contribution in [0.3, 0.4) is 0 Å². The molecule has 2 N–H and O–H groups in total. The van der Waals surface area contributed by atoms with Gasteiger partial charge in [0.1, 0.15) is 5.82 Å². The molecule has 0 aliphatic carbocycles. The van der Waals surface area contributed by atoms with Crippen molar-refractivity contribution >= 4 is 12.6 Å². The molecule has 0 amide bonds. The molecule has 4 nitrogen and oxygen atoms in total. The Balaban J connectivity index is 2.30. The van der Waals surface area contributed by atoms with E-state index in [4.69, 9.17) is 0 Å². The van der Waals surface area contributed by atoms with Crippen molar-refractivity contribution in [2.75, 3.05) is 0 Å². The van der Waals surface area contributed by atoms with E-state index in [-0.39, 0.29) is 0 Å². The van der Waals surface area contributed by atoms with Crippen molar-refractivity contribution in [3.05, 3.63) is 48.0 Å². The van der Waals surface area contributed by atoms with Crippen LogP contribution in [0.5, 0.6) is 0 Å². The summed E-state index contributed by atoms with van der Waals surface area (Å²) in [7, 11) is -1.43. The minimum atomic E-state index is -1.43. The summed E-state index contributed by atoms with van der Waals surface area (Å²) in [6, 6.07) is 7.31. The predicted molar refractivity (Wildman–Crippen MR) is 67.0 cm³/mol. The van der Waals surface area contributed by atoms with Crippen LogP contribution in [0.25, 0.3) is 0 Å². The normalized spacial score (nSPS) is 10.5. The molecule has 0 aliphatic rings. The average Bonchev–Trinajstić information content (AvgIpc) is 2.77. The van der Waals surface area contributed by atoms with Gasteiger partial charge in [0.2, 0.25) is 0 Å². The fourth-order valence-electron chi connectivity index (χ4n) is 1.91. The zero-order chi connectivity index (χ0) is 12.3. The summed E-state index contributed by atoms with van der Waals surface area (Å²) < 4.78 is 2.02. The molecule has 0 radical (unpaired) electrons. The van der Waals surface area contributed by atoms with Crippen molar-refractivity contribution in [1.29, 1.82) is 0 Å². The minimum absolute atomic E-state index is 0.545. The van der Waals surface area contributed by atoms with E-state index in [1.165, 1.54) is 0 Å². The van der Waals surface area contributed by atoms with Gasteiger partial charge in [0.15, 0.2) is 0 Å². The molecule has 0 unspecified atom stereocenters. The maximum Gasteiger partial charge on any atom is 0.488 e. The third-order valence-corrected chi connectivity index (χ3v) is 2.79. The number of hydrogen-bond acceptors (Lipinski definition) is 3. The first-order chi connectivity index (χ1) is 8.22. The Hall–Kier alpha value is -1.59. The zero-order valence-corrected chi connectivity index (χ0v) is 9.74. The summed E-state index contributed by atoms with van der Waals surface area (Å²) in [5.74, 6) is 0.993. The fraction of sp³-hybridized carbons (Fsp3) is 0.250. The van der Waals surface area contributed by atoms with Gasteiger partial charge in [-0.2, -0.15) is 0 Å². The van der Waals surface area contributed by atoms with E-state index < -0.39 is 7.12 Å². The summed E-state index contributed by atoms with van der Waals surface area (Å²) in [6.45, 7) is 2.66. The highest BCUT2D eigenvalue weighted by molar-refractivity contribution is 6.59. The van der Waals surface area contributed by atoms with Crippen molar-refractivity contribution in [2.24, 2.45) is 0 Å². The lowest BCUT2D eigenvalue weighted by atomic mass is 9.77. The van der Waals surface area contributed by atoms with E-state index >= 15 is 0 Å². The Labute approximate surface area is 101 Å². The van der Waals surface area contributed by atoms with Crippen LogP contribution in [0, 0.1) is 0 Å². The highest BCUT2D eigenvalue weighted by atomic mass is 16.4. The van der Waals surface area contributed by atoms with E-state index in [1.807, 2.05) is 29.8 Å². The lowest BCUT2D eigenvalue weighted by molar-refractivity contribution is 0.425. The maximum absolute atomic E-state index is 9.29. The molecule has 0 saturated heterocycles. The van der Waals surface area contributed by atoms with Crippen LogP contribution in [0.4, 0.5) is 0 Å². The average molecular weight is 230 g/mol. The monoisotopic (exact) mass is 230 g/mol. The molecular formula is C12H15BN2O2. The maximum atomic E-state index is 9.29. The van der Waals surface area contributed by atoms with Gasteiger partial charge in [-0.15, -0.1) is 0 Å².